The van der Waals surface area contributed by atoms with E-state index in [4.69, 9.17) is 16.0 Å². The van der Waals surface area contributed by atoms with Crippen molar-refractivity contribution in [3.8, 4) is 0 Å². The van der Waals surface area contributed by atoms with Crippen LogP contribution in [-0.2, 0) is 13.1 Å². The third-order valence-electron chi connectivity index (χ3n) is 2.98. The third kappa shape index (κ3) is 3.61. The summed E-state index contributed by atoms with van der Waals surface area (Å²) in [5, 5.41) is 8.38. The lowest BCUT2D eigenvalue weighted by molar-refractivity contribution is 0.385. The Kier molecular flexibility index (Phi) is 4.02. The molecule has 0 fully saturated rings. The van der Waals surface area contributed by atoms with Crippen molar-refractivity contribution in [2.24, 2.45) is 0 Å². The molecule has 0 saturated carbocycles. The average molecular weight is 282 g/mol. The normalized spacial score (nSPS) is 12.1. The first kappa shape index (κ1) is 14.2. The topological polar surface area (TPSA) is 43.0 Å². The van der Waals surface area contributed by atoms with Crippen LogP contribution in [0, 0.1) is 6.92 Å². The summed E-state index contributed by atoms with van der Waals surface area (Å²) in [5.74, 6) is 0.945. The van der Waals surface area contributed by atoms with Crippen LogP contribution in [0.25, 0.3) is 0 Å². The minimum atomic E-state index is 0.0645. The maximum Gasteiger partial charge on any atom is 0.122 e. The van der Waals surface area contributed by atoms with Gasteiger partial charge in [-0.15, -0.1) is 0 Å². The monoisotopic (exact) mass is 281 g/mol. The lowest BCUT2D eigenvalue weighted by atomic mass is 10.1. The molecule has 0 amide bonds. The third-order valence-corrected chi connectivity index (χ3v) is 3.35. The van der Waals surface area contributed by atoms with Crippen LogP contribution in [0.5, 0.6) is 0 Å². The van der Waals surface area contributed by atoms with E-state index >= 15 is 0 Å². The van der Waals surface area contributed by atoms with Gasteiger partial charge in [0.25, 0.3) is 0 Å². The predicted molar refractivity (Wildman–Crippen MR) is 76.4 cm³/mol. The second-order valence-corrected chi connectivity index (χ2v) is 6.12. The molecule has 1 N–H and O–H groups in total. The number of furan rings is 1. The smallest absolute Gasteiger partial charge is 0.122 e. The Morgan fingerprint density at radius 3 is 2.74 bits per heavy atom. The zero-order valence-corrected chi connectivity index (χ0v) is 12.6. The molecule has 4 nitrogen and oxygen atoms in total. The summed E-state index contributed by atoms with van der Waals surface area (Å²) in [4.78, 5) is 0. The highest BCUT2D eigenvalue weighted by Crippen LogP contribution is 2.18. The second kappa shape index (κ2) is 5.39. The number of aromatic nitrogens is 2. The van der Waals surface area contributed by atoms with Crippen molar-refractivity contribution in [1.29, 1.82) is 0 Å². The summed E-state index contributed by atoms with van der Waals surface area (Å²) in [7, 11) is 0. The van der Waals surface area contributed by atoms with E-state index in [-0.39, 0.29) is 5.54 Å². The molecule has 19 heavy (non-hydrogen) atoms. The second-order valence-electron chi connectivity index (χ2n) is 5.71. The largest absolute Gasteiger partial charge is 0.468 e. The zero-order valence-electron chi connectivity index (χ0n) is 11.8. The SMILES string of the molecule is Cc1c(Cl)cnn1Cc1ccoc1CNC(C)(C)C. The maximum absolute atomic E-state index is 6.01. The van der Waals surface area contributed by atoms with E-state index in [2.05, 4.69) is 31.2 Å². The number of nitrogens with one attached hydrogen (secondary N) is 1. The number of hydrogen-bond acceptors (Lipinski definition) is 3. The molecule has 0 radical (unpaired) electrons. The highest BCUT2D eigenvalue weighted by atomic mass is 35.5. The van der Waals surface area contributed by atoms with Gasteiger partial charge in [-0.2, -0.15) is 5.10 Å². The van der Waals surface area contributed by atoms with E-state index in [1.807, 2.05) is 17.7 Å². The molecule has 104 valence electrons. The van der Waals surface area contributed by atoms with E-state index in [1.54, 1.807) is 12.5 Å². The molecule has 5 heteroatoms. The molecule has 0 spiro atoms. The van der Waals surface area contributed by atoms with Gasteiger partial charge in [0.2, 0.25) is 0 Å². The minimum Gasteiger partial charge on any atom is -0.468 e. The summed E-state index contributed by atoms with van der Waals surface area (Å²) in [6.07, 6.45) is 3.39. The Hall–Kier alpha value is -1.26. The minimum absolute atomic E-state index is 0.0645. The van der Waals surface area contributed by atoms with Crippen molar-refractivity contribution in [3.63, 3.8) is 0 Å². The molecule has 0 bridgehead atoms. The van der Waals surface area contributed by atoms with Crippen LogP contribution < -0.4 is 5.32 Å². The highest BCUT2D eigenvalue weighted by Gasteiger charge is 2.14. The summed E-state index contributed by atoms with van der Waals surface area (Å²) in [6.45, 7) is 9.74. The molecule has 2 aromatic rings. The van der Waals surface area contributed by atoms with E-state index in [9.17, 15) is 0 Å². The number of halogens is 1. The highest BCUT2D eigenvalue weighted by molar-refractivity contribution is 6.31. The van der Waals surface area contributed by atoms with Gasteiger partial charge in [-0.25, -0.2) is 0 Å². The Morgan fingerprint density at radius 2 is 2.16 bits per heavy atom. The molecule has 2 aromatic heterocycles. The first-order valence-electron chi connectivity index (χ1n) is 6.35. The maximum atomic E-state index is 6.01. The van der Waals surface area contributed by atoms with E-state index in [1.165, 1.54) is 0 Å². The van der Waals surface area contributed by atoms with Crippen molar-refractivity contribution in [3.05, 3.63) is 40.6 Å². The number of rotatable bonds is 4. The fraction of sp³-hybridized carbons (Fsp3) is 0.500. The van der Waals surface area contributed by atoms with Crippen molar-refractivity contribution < 1.29 is 4.42 Å². The molecular formula is C14H20ClN3O. The van der Waals surface area contributed by atoms with Crippen LogP contribution >= 0.6 is 11.6 Å². The number of nitrogens with zero attached hydrogens (tertiary/aromatic N) is 2. The Bertz CT molecular complexity index is 551. The fourth-order valence-corrected chi connectivity index (χ4v) is 1.89. The lowest BCUT2D eigenvalue weighted by Crippen LogP contribution is -2.35. The van der Waals surface area contributed by atoms with Gasteiger partial charge >= 0.3 is 0 Å². The summed E-state index contributed by atoms with van der Waals surface area (Å²) >= 11 is 6.01. The van der Waals surface area contributed by atoms with Gasteiger partial charge in [0.15, 0.2) is 0 Å². The van der Waals surface area contributed by atoms with E-state index < -0.39 is 0 Å². The van der Waals surface area contributed by atoms with Crippen LogP contribution in [0.1, 0.15) is 37.8 Å². The predicted octanol–water partition coefficient (Wildman–Crippen LogP) is 3.37. The van der Waals surface area contributed by atoms with E-state index in [0.717, 1.165) is 17.0 Å². The Balaban J connectivity index is 2.10. The zero-order chi connectivity index (χ0) is 14.0. The molecule has 0 aromatic carbocycles. The van der Waals surface area contributed by atoms with Gasteiger partial charge < -0.3 is 9.73 Å². The molecule has 0 unspecified atom stereocenters. The summed E-state index contributed by atoms with van der Waals surface area (Å²) < 4.78 is 7.43. The molecule has 2 heterocycles. The van der Waals surface area contributed by atoms with Crippen molar-refractivity contribution in [2.45, 2.75) is 46.3 Å². The molecular weight excluding hydrogens is 262 g/mol. The van der Waals surface area contributed by atoms with Crippen LogP contribution in [-0.4, -0.2) is 15.3 Å². The molecule has 0 saturated heterocycles. The first-order valence-corrected chi connectivity index (χ1v) is 6.73. The van der Waals surface area contributed by atoms with Crippen LogP contribution in [0.4, 0.5) is 0 Å². The van der Waals surface area contributed by atoms with Gasteiger partial charge in [-0.3, -0.25) is 4.68 Å². The van der Waals surface area contributed by atoms with Crippen molar-refractivity contribution >= 4 is 11.6 Å². The van der Waals surface area contributed by atoms with Gasteiger partial charge in [0, 0.05) is 11.1 Å². The fourth-order valence-electron chi connectivity index (χ4n) is 1.75. The van der Waals surface area contributed by atoms with Crippen LogP contribution in [0.2, 0.25) is 5.02 Å². The summed E-state index contributed by atoms with van der Waals surface area (Å²) in [6, 6.07) is 1.98. The molecule has 0 aliphatic rings. The van der Waals surface area contributed by atoms with Crippen molar-refractivity contribution in [1.82, 2.24) is 15.1 Å². The Morgan fingerprint density at radius 1 is 1.42 bits per heavy atom. The van der Waals surface area contributed by atoms with Gasteiger partial charge in [-0.1, -0.05) is 11.6 Å². The molecule has 0 aliphatic carbocycles. The first-order chi connectivity index (χ1) is 8.87. The lowest BCUT2D eigenvalue weighted by Gasteiger charge is -2.20. The molecule has 2 rings (SSSR count). The van der Waals surface area contributed by atoms with Crippen LogP contribution in [0.3, 0.4) is 0 Å². The van der Waals surface area contributed by atoms with Gasteiger partial charge in [-0.05, 0) is 33.8 Å². The van der Waals surface area contributed by atoms with Crippen molar-refractivity contribution in [2.75, 3.05) is 0 Å². The van der Waals surface area contributed by atoms with Crippen LogP contribution in [0.15, 0.2) is 22.9 Å². The Labute approximate surface area is 118 Å². The quantitative estimate of drug-likeness (QED) is 0.934. The van der Waals surface area contributed by atoms with E-state index in [0.29, 0.717) is 18.1 Å². The molecule has 0 atom stereocenters. The molecule has 0 aliphatic heterocycles. The number of hydrogen-bond donors (Lipinski definition) is 1. The summed E-state index contributed by atoms with van der Waals surface area (Å²) in [5.41, 5.74) is 2.16. The van der Waals surface area contributed by atoms with Gasteiger partial charge in [0.1, 0.15) is 5.76 Å². The average Bonchev–Trinajstić information content (AvgIpc) is 2.88. The standard InChI is InChI=1S/C14H20ClN3O/c1-10-12(15)7-17-18(10)9-11-5-6-19-13(11)8-16-14(2,3)4/h5-7,16H,8-9H2,1-4H3. The van der Waals surface area contributed by atoms with Gasteiger partial charge in [0.05, 0.1) is 36.3 Å².